The van der Waals surface area contributed by atoms with E-state index in [1.807, 2.05) is 13.8 Å². The molecule has 1 atom stereocenters. The predicted molar refractivity (Wildman–Crippen MR) is 89.5 cm³/mol. The summed E-state index contributed by atoms with van der Waals surface area (Å²) in [6.07, 6.45) is 1.84. The maximum absolute atomic E-state index is 12.2. The first kappa shape index (κ1) is 17.3. The number of rotatable bonds is 5. The fraction of sp³-hybridized carbons (Fsp3) is 0.438. The topological polar surface area (TPSA) is 71.0 Å². The summed E-state index contributed by atoms with van der Waals surface area (Å²) in [5.74, 6) is -0.558. The molecule has 1 heterocycles. The SMILES string of the molecule is CC(C)N1CCCC(O/N=C/C(=O)Nc2ccccc2Cl)C1=O. The predicted octanol–water partition coefficient (Wildman–Crippen LogP) is 2.68. The van der Waals surface area contributed by atoms with E-state index in [2.05, 4.69) is 10.5 Å². The zero-order valence-corrected chi connectivity index (χ0v) is 13.9. The van der Waals surface area contributed by atoms with Crippen LogP contribution in [0.5, 0.6) is 0 Å². The van der Waals surface area contributed by atoms with Crippen molar-refractivity contribution in [3.8, 4) is 0 Å². The Kier molecular flexibility index (Phi) is 5.98. The third-order valence-electron chi connectivity index (χ3n) is 3.54. The summed E-state index contributed by atoms with van der Waals surface area (Å²) < 4.78 is 0. The van der Waals surface area contributed by atoms with Gasteiger partial charge in [-0.2, -0.15) is 0 Å². The van der Waals surface area contributed by atoms with E-state index >= 15 is 0 Å². The maximum Gasteiger partial charge on any atom is 0.270 e. The van der Waals surface area contributed by atoms with Crippen LogP contribution in [-0.4, -0.2) is 41.6 Å². The minimum absolute atomic E-state index is 0.0880. The number of nitrogens with one attached hydrogen (secondary N) is 1. The second-order valence-electron chi connectivity index (χ2n) is 5.57. The zero-order valence-electron chi connectivity index (χ0n) is 13.2. The third-order valence-corrected chi connectivity index (χ3v) is 3.87. The summed E-state index contributed by atoms with van der Waals surface area (Å²) in [5, 5.41) is 6.66. The molecule has 124 valence electrons. The lowest BCUT2D eigenvalue weighted by atomic mass is 10.1. The Bertz CT molecular complexity index is 604. The fourth-order valence-corrected chi connectivity index (χ4v) is 2.54. The van der Waals surface area contributed by atoms with Gasteiger partial charge in [-0.1, -0.05) is 28.9 Å². The van der Waals surface area contributed by atoms with Crippen LogP contribution in [0.3, 0.4) is 0 Å². The van der Waals surface area contributed by atoms with Gasteiger partial charge in [0.05, 0.1) is 10.7 Å². The number of amides is 2. The summed E-state index contributed by atoms with van der Waals surface area (Å²) in [7, 11) is 0. The normalized spacial score (nSPS) is 18.5. The zero-order chi connectivity index (χ0) is 16.8. The second-order valence-corrected chi connectivity index (χ2v) is 5.97. The molecule has 1 aromatic rings. The molecule has 0 aromatic heterocycles. The Morgan fingerprint density at radius 2 is 2.22 bits per heavy atom. The smallest absolute Gasteiger partial charge is 0.270 e. The molecule has 0 radical (unpaired) electrons. The van der Waals surface area contributed by atoms with Gasteiger partial charge in [-0.05, 0) is 38.8 Å². The summed E-state index contributed by atoms with van der Waals surface area (Å²) in [4.78, 5) is 30.9. The van der Waals surface area contributed by atoms with E-state index in [1.165, 1.54) is 0 Å². The lowest BCUT2D eigenvalue weighted by Crippen LogP contribution is -2.48. The first-order valence-corrected chi connectivity index (χ1v) is 7.92. The van der Waals surface area contributed by atoms with Gasteiger partial charge < -0.3 is 15.1 Å². The van der Waals surface area contributed by atoms with E-state index in [0.717, 1.165) is 19.2 Å². The lowest BCUT2D eigenvalue weighted by Gasteiger charge is -2.33. The fourth-order valence-electron chi connectivity index (χ4n) is 2.36. The molecule has 7 heteroatoms. The summed E-state index contributed by atoms with van der Waals surface area (Å²) in [6.45, 7) is 4.65. The Labute approximate surface area is 140 Å². The number of oxime groups is 1. The van der Waals surface area contributed by atoms with Gasteiger partial charge in [0.25, 0.3) is 11.8 Å². The van der Waals surface area contributed by atoms with Crippen LogP contribution < -0.4 is 5.32 Å². The summed E-state index contributed by atoms with van der Waals surface area (Å²) >= 11 is 5.95. The van der Waals surface area contributed by atoms with Crippen molar-refractivity contribution in [1.82, 2.24) is 4.90 Å². The minimum atomic E-state index is -0.629. The first-order valence-electron chi connectivity index (χ1n) is 7.54. The van der Waals surface area contributed by atoms with Gasteiger partial charge in [0.2, 0.25) is 6.10 Å². The average Bonchev–Trinajstić information content (AvgIpc) is 2.51. The second kappa shape index (κ2) is 7.97. The molecule has 0 aliphatic carbocycles. The van der Waals surface area contributed by atoms with Crippen LogP contribution in [0.15, 0.2) is 29.4 Å². The minimum Gasteiger partial charge on any atom is -0.382 e. The molecule has 0 spiro atoms. The Morgan fingerprint density at radius 1 is 1.48 bits per heavy atom. The highest BCUT2D eigenvalue weighted by Crippen LogP contribution is 2.20. The van der Waals surface area contributed by atoms with Crippen molar-refractivity contribution >= 4 is 35.3 Å². The highest BCUT2D eigenvalue weighted by molar-refractivity contribution is 6.36. The molecule has 1 aliphatic heterocycles. The average molecular weight is 338 g/mol. The van der Waals surface area contributed by atoms with Crippen molar-refractivity contribution in [3.05, 3.63) is 29.3 Å². The van der Waals surface area contributed by atoms with E-state index in [0.29, 0.717) is 17.1 Å². The van der Waals surface area contributed by atoms with Crippen LogP contribution in [0.25, 0.3) is 0 Å². The van der Waals surface area contributed by atoms with Gasteiger partial charge in [0, 0.05) is 12.6 Å². The molecule has 2 rings (SSSR count). The molecule has 1 fully saturated rings. The van der Waals surface area contributed by atoms with Crippen LogP contribution in [0, 0.1) is 0 Å². The van der Waals surface area contributed by atoms with Crippen molar-refractivity contribution in [2.45, 2.75) is 38.8 Å². The highest BCUT2D eigenvalue weighted by atomic mass is 35.5. The molecule has 1 saturated heterocycles. The number of halogens is 1. The number of piperidine rings is 1. The van der Waals surface area contributed by atoms with E-state index in [9.17, 15) is 9.59 Å². The molecule has 2 amide bonds. The first-order chi connectivity index (χ1) is 11.0. The van der Waals surface area contributed by atoms with Crippen LogP contribution in [-0.2, 0) is 14.4 Å². The molecule has 1 aromatic carbocycles. The van der Waals surface area contributed by atoms with Crippen molar-refractivity contribution in [3.63, 3.8) is 0 Å². The van der Waals surface area contributed by atoms with E-state index in [4.69, 9.17) is 16.4 Å². The van der Waals surface area contributed by atoms with E-state index in [1.54, 1.807) is 29.2 Å². The molecule has 0 saturated carbocycles. The number of nitrogens with zero attached hydrogens (tertiary/aromatic N) is 2. The Hall–Kier alpha value is -2.08. The van der Waals surface area contributed by atoms with Gasteiger partial charge in [0.15, 0.2) is 0 Å². The van der Waals surface area contributed by atoms with Crippen LogP contribution in [0.4, 0.5) is 5.69 Å². The lowest BCUT2D eigenvalue weighted by molar-refractivity contribution is -0.150. The molecular weight excluding hydrogens is 318 g/mol. The van der Waals surface area contributed by atoms with Crippen molar-refractivity contribution in [1.29, 1.82) is 0 Å². The largest absolute Gasteiger partial charge is 0.382 e. The monoisotopic (exact) mass is 337 g/mol. The molecule has 1 unspecified atom stereocenters. The standard InChI is InChI=1S/C16H20ClN3O3/c1-11(2)20-9-5-8-14(16(20)22)23-18-10-15(21)19-13-7-4-3-6-12(13)17/h3-4,6-7,10-11,14H,5,8-9H2,1-2H3,(H,19,21)/b18-10+. The van der Waals surface area contributed by atoms with Crippen LogP contribution >= 0.6 is 11.6 Å². The molecule has 1 aliphatic rings. The van der Waals surface area contributed by atoms with Gasteiger partial charge in [-0.15, -0.1) is 0 Å². The van der Waals surface area contributed by atoms with Gasteiger partial charge in [0.1, 0.15) is 6.21 Å². The number of para-hydroxylation sites is 1. The number of carbonyl (C=O) groups excluding carboxylic acids is 2. The summed E-state index contributed by atoms with van der Waals surface area (Å²) in [6, 6.07) is 7.01. The number of hydrogen-bond donors (Lipinski definition) is 1. The van der Waals surface area contributed by atoms with Gasteiger partial charge in [-0.25, -0.2) is 0 Å². The van der Waals surface area contributed by atoms with E-state index < -0.39 is 12.0 Å². The van der Waals surface area contributed by atoms with Crippen LogP contribution in [0.2, 0.25) is 5.02 Å². The third kappa shape index (κ3) is 4.69. The number of carbonyl (C=O) groups is 2. The molecule has 1 N–H and O–H groups in total. The maximum atomic E-state index is 12.2. The van der Waals surface area contributed by atoms with Gasteiger partial charge >= 0.3 is 0 Å². The summed E-state index contributed by atoms with van der Waals surface area (Å²) in [5.41, 5.74) is 0.491. The Balaban J connectivity index is 1.87. The number of hydrogen-bond acceptors (Lipinski definition) is 4. The quantitative estimate of drug-likeness (QED) is 0.663. The van der Waals surface area contributed by atoms with Crippen molar-refractivity contribution < 1.29 is 14.4 Å². The number of benzene rings is 1. The van der Waals surface area contributed by atoms with Crippen molar-refractivity contribution in [2.24, 2.45) is 5.16 Å². The highest BCUT2D eigenvalue weighted by Gasteiger charge is 2.31. The molecule has 6 nitrogen and oxygen atoms in total. The Morgan fingerprint density at radius 3 is 2.91 bits per heavy atom. The van der Waals surface area contributed by atoms with Gasteiger partial charge in [-0.3, -0.25) is 9.59 Å². The van der Waals surface area contributed by atoms with Crippen molar-refractivity contribution in [2.75, 3.05) is 11.9 Å². The number of anilines is 1. The number of likely N-dealkylation sites (tertiary alicyclic amines) is 1. The molecule has 0 bridgehead atoms. The molecular formula is C16H20ClN3O3. The van der Waals surface area contributed by atoms with Crippen LogP contribution in [0.1, 0.15) is 26.7 Å². The van der Waals surface area contributed by atoms with E-state index in [-0.39, 0.29) is 11.9 Å². The molecule has 23 heavy (non-hydrogen) atoms.